The van der Waals surface area contributed by atoms with Crippen molar-refractivity contribution in [2.24, 2.45) is 0 Å². The summed E-state index contributed by atoms with van der Waals surface area (Å²) in [5.41, 5.74) is 1.11. The van der Waals surface area contributed by atoms with Crippen molar-refractivity contribution in [3.8, 4) is 23.0 Å². The van der Waals surface area contributed by atoms with Crippen LogP contribution in [0.5, 0.6) is 11.5 Å². The van der Waals surface area contributed by atoms with E-state index in [1.54, 1.807) is 6.92 Å². The van der Waals surface area contributed by atoms with E-state index in [1.165, 1.54) is 0 Å². The third-order valence-corrected chi connectivity index (χ3v) is 4.09. The molecule has 3 aromatic rings. The Morgan fingerprint density at radius 1 is 1.12 bits per heavy atom. The summed E-state index contributed by atoms with van der Waals surface area (Å²) in [6, 6.07) is 17.0. The molecule has 0 aliphatic carbocycles. The van der Waals surface area contributed by atoms with E-state index in [-0.39, 0.29) is 17.7 Å². The molecule has 1 N–H and O–H groups in total. The number of amides is 1. The molecule has 1 aliphatic rings. The molecule has 0 fully saturated rings. The minimum atomic E-state index is -0.295. The van der Waals surface area contributed by atoms with Gasteiger partial charge in [-0.05, 0) is 31.2 Å². The molecule has 2 heterocycles. The summed E-state index contributed by atoms with van der Waals surface area (Å²) >= 11 is 0. The minimum absolute atomic E-state index is 0.255. The fourth-order valence-corrected chi connectivity index (χ4v) is 2.77. The van der Waals surface area contributed by atoms with Gasteiger partial charge in [-0.3, -0.25) is 4.79 Å². The number of carbonyl (C=O) groups excluding carboxylic acids is 1. The van der Waals surface area contributed by atoms with Crippen molar-refractivity contribution in [1.29, 1.82) is 0 Å². The second-order valence-corrected chi connectivity index (χ2v) is 6.00. The third-order valence-electron chi connectivity index (χ3n) is 4.09. The van der Waals surface area contributed by atoms with Crippen LogP contribution in [0.4, 0.5) is 0 Å². The lowest BCUT2D eigenvalue weighted by molar-refractivity contribution is 0.0786. The fourth-order valence-electron chi connectivity index (χ4n) is 2.77. The van der Waals surface area contributed by atoms with Gasteiger partial charge in [-0.25, -0.2) is 4.98 Å². The second-order valence-electron chi connectivity index (χ2n) is 6.00. The van der Waals surface area contributed by atoms with E-state index >= 15 is 0 Å². The van der Waals surface area contributed by atoms with E-state index < -0.39 is 0 Å². The predicted octanol–water partition coefficient (Wildman–Crippen LogP) is 3.22. The number of hydrogen-bond acceptors (Lipinski definition) is 5. The van der Waals surface area contributed by atoms with Crippen molar-refractivity contribution in [2.75, 3.05) is 13.2 Å². The predicted molar refractivity (Wildman–Crippen MR) is 95.4 cm³/mol. The van der Waals surface area contributed by atoms with Gasteiger partial charge in [0.1, 0.15) is 18.5 Å². The van der Waals surface area contributed by atoms with E-state index in [0.29, 0.717) is 30.6 Å². The first-order valence-electron chi connectivity index (χ1n) is 8.40. The van der Waals surface area contributed by atoms with Gasteiger partial charge >= 0.3 is 0 Å². The number of para-hydroxylation sites is 2. The van der Waals surface area contributed by atoms with Crippen LogP contribution in [0.1, 0.15) is 16.2 Å². The maximum Gasteiger partial charge on any atom is 0.273 e. The number of aryl methyl sites for hydroxylation is 1. The Bertz CT molecular complexity index is 921. The molecule has 132 valence electrons. The van der Waals surface area contributed by atoms with Gasteiger partial charge in [0, 0.05) is 5.56 Å². The van der Waals surface area contributed by atoms with Crippen LogP contribution in [-0.4, -0.2) is 30.1 Å². The van der Waals surface area contributed by atoms with Gasteiger partial charge in [-0.15, -0.1) is 0 Å². The molecule has 1 aromatic heterocycles. The summed E-state index contributed by atoms with van der Waals surface area (Å²) in [6.07, 6.45) is -0.255. The van der Waals surface area contributed by atoms with Gasteiger partial charge in [0.2, 0.25) is 5.89 Å². The summed E-state index contributed by atoms with van der Waals surface area (Å²) in [7, 11) is 0. The molecule has 0 unspecified atom stereocenters. The lowest BCUT2D eigenvalue weighted by Crippen LogP contribution is -2.41. The van der Waals surface area contributed by atoms with E-state index in [9.17, 15) is 4.79 Å². The zero-order chi connectivity index (χ0) is 17.9. The van der Waals surface area contributed by atoms with Crippen LogP contribution in [-0.2, 0) is 0 Å². The molecule has 1 amide bonds. The summed E-state index contributed by atoms with van der Waals surface area (Å²) < 4.78 is 17.1. The molecule has 0 saturated carbocycles. The molecule has 0 saturated heterocycles. The topological polar surface area (TPSA) is 73.6 Å². The number of rotatable bonds is 4. The zero-order valence-corrected chi connectivity index (χ0v) is 14.3. The van der Waals surface area contributed by atoms with Crippen LogP contribution >= 0.6 is 0 Å². The Labute approximate surface area is 150 Å². The van der Waals surface area contributed by atoms with E-state index in [0.717, 1.165) is 11.3 Å². The van der Waals surface area contributed by atoms with E-state index in [2.05, 4.69) is 10.3 Å². The van der Waals surface area contributed by atoms with Crippen LogP contribution in [0.2, 0.25) is 0 Å². The first kappa shape index (κ1) is 16.2. The van der Waals surface area contributed by atoms with Crippen molar-refractivity contribution in [2.45, 2.75) is 13.0 Å². The summed E-state index contributed by atoms with van der Waals surface area (Å²) in [4.78, 5) is 16.8. The van der Waals surface area contributed by atoms with Gasteiger partial charge in [0.25, 0.3) is 5.91 Å². The summed E-state index contributed by atoms with van der Waals surface area (Å²) in [6.45, 7) is 2.43. The van der Waals surface area contributed by atoms with Crippen LogP contribution in [0, 0.1) is 6.92 Å². The van der Waals surface area contributed by atoms with Crippen molar-refractivity contribution >= 4 is 5.91 Å². The number of benzene rings is 2. The first-order valence-corrected chi connectivity index (χ1v) is 8.40. The Morgan fingerprint density at radius 3 is 2.65 bits per heavy atom. The molecule has 0 bridgehead atoms. The molecule has 0 spiro atoms. The molecule has 6 heteroatoms. The lowest BCUT2D eigenvalue weighted by Gasteiger charge is -2.26. The highest BCUT2D eigenvalue weighted by Gasteiger charge is 2.23. The molecule has 6 nitrogen and oxygen atoms in total. The maximum atomic E-state index is 12.5. The molecule has 2 aromatic carbocycles. The SMILES string of the molecule is Cc1oc(-c2ccccc2)nc1C(=O)NC[C@H]1COc2ccccc2O1. The zero-order valence-electron chi connectivity index (χ0n) is 14.3. The highest BCUT2D eigenvalue weighted by atomic mass is 16.6. The normalized spacial score (nSPS) is 15.5. The number of oxazole rings is 1. The van der Waals surface area contributed by atoms with Crippen molar-refractivity contribution in [3.05, 3.63) is 66.1 Å². The average Bonchev–Trinajstić information content (AvgIpc) is 3.08. The highest BCUT2D eigenvalue weighted by molar-refractivity contribution is 5.93. The third kappa shape index (κ3) is 3.26. The molecule has 4 rings (SSSR count). The monoisotopic (exact) mass is 350 g/mol. The van der Waals surface area contributed by atoms with Crippen molar-refractivity contribution in [3.63, 3.8) is 0 Å². The Hall–Kier alpha value is -3.28. The van der Waals surface area contributed by atoms with Crippen LogP contribution in [0.3, 0.4) is 0 Å². The second kappa shape index (κ2) is 6.92. The quantitative estimate of drug-likeness (QED) is 0.782. The largest absolute Gasteiger partial charge is 0.486 e. The van der Waals surface area contributed by atoms with E-state index in [4.69, 9.17) is 13.9 Å². The fraction of sp³-hybridized carbons (Fsp3) is 0.200. The van der Waals surface area contributed by atoms with Gasteiger partial charge in [-0.2, -0.15) is 0 Å². The molecule has 1 atom stereocenters. The summed E-state index contributed by atoms with van der Waals surface area (Å²) in [5, 5.41) is 2.84. The van der Waals surface area contributed by atoms with Crippen molar-refractivity contribution in [1.82, 2.24) is 10.3 Å². The number of ether oxygens (including phenoxy) is 2. The van der Waals surface area contributed by atoms with Gasteiger partial charge in [0.05, 0.1) is 6.54 Å². The first-order chi connectivity index (χ1) is 12.7. The van der Waals surface area contributed by atoms with Crippen molar-refractivity contribution < 1.29 is 18.7 Å². The summed E-state index contributed by atoms with van der Waals surface area (Å²) in [5.74, 6) is 2.01. The Morgan fingerprint density at radius 2 is 1.85 bits per heavy atom. The number of nitrogens with one attached hydrogen (secondary N) is 1. The standard InChI is InChI=1S/C20H18N2O4/c1-13-18(22-20(25-13)14-7-3-2-4-8-14)19(23)21-11-15-12-24-16-9-5-6-10-17(16)26-15/h2-10,15H,11-12H2,1H3,(H,21,23)/t15-/m0/s1. The molecule has 1 aliphatic heterocycles. The van der Waals surface area contributed by atoms with Crippen LogP contribution in [0.15, 0.2) is 59.0 Å². The Kier molecular flexibility index (Phi) is 4.31. The van der Waals surface area contributed by atoms with E-state index in [1.807, 2.05) is 54.6 Å². The van der Waals surface area contributed by atoms with Gasteiger partial charge < -0.3 is 19.2 Å². The molecular weight excluding hydrogens is 332 g/mol. The number of aromatic nitrogens is 1. The van der Waals surface area contributed by atoms with Gasteiger partial charge in [0.15, 0.2) is 17.2 Å². The average molecular weight is 350 g/mol. The van der Waals surface area contributed by atoms with Gasteiger partial charge in [-0.1, -0.05) is 30.3 Å². The molecule has 26 heavy (non-hydrogen) atoms. The van der Waals surface area contributed by atoms with Crippen LogP contribution < -0.4 is 14.8 Å². The number of hydrogen-bond donors (Lipinski definition) is 1. The smallest absolute Gasteiger partial charge is 0.273 e. The maximum absolute atomic E-state index is 12.5. The highest BCUT2D eigenvalue weighted by Crippen LogP contribution is 2.30. The number of carbonyl (C=O) groups is 1. The number of fused-ring (bicyclic) bond motifs is 1. The minimum Gasteiger partial charge on any atom is -0.486 e. The Balaban J connectivity index is 1.41. The molecule has 0 radical (unpaired) electrons. The number of nitrogens with zero attached hydrogens (tertiary/aromatic N) is 1. The lowest BCUT2D eigenvalue weighted by atomic mass is 10.2. The van der Waals surface area contributed by atoms with Crippen LogP contribution in [0.25, 0.3) is 11.5 Å². The molecular formula is C20H18N2O4.